The van der Waals surface area contributed by atoms with Gasteiger partial charge in [-0.25, -0.2) is 0 Å². The van der Waals surface area contributed by atoms with Crippen molar-refractivity contribution in [2.45, 2.75) is 12.6 Å². The molecule has 1 atom stereocenters. The molecule has 18 heavy (non-hydrogen) atoms. The molecule has 0 bridgehead atoms. The Hall–Kier alpha value is -1.59. The van der Waals surface area contributed by atoms with E-state index in [0.717, 1.165) is 5.56 Å². The van der Waals surface area contributed by atoms with Gasteiger partial charge >= 0.3 is 0 Å². The van der Waals surface area contributed by atoms with E-state index in [0.29, 0.717) is 18.1 Å². The van der Waals surface area contributed by atoms with Gasteiger partial charge < -0.3 is 10.6 Å². The Labute approximate surface area is 110 Å². The fraction of sp³-hybridized carbons (Fsp3) is 0.333. The summed E-state index contributed by atoms with van der Waals surface area (Å²) in [6.07, 6.45) is 0. The number of benzene rings is 1. The van der Waals surface area contributed by atoms with Crippen molar-refractivity contribution in [1.29, 1.82) is 0 Å². The van der Waals surface area contributed by atoms with E-state index in [1.54, 1.807) is 12.1 Å². The molecule has 1 fully saturated rings. The molecular weight excluding hydrogens is 254 g/mol. The Morgan fingerprint density at radius 3 is 3.00 bits per heavy atom. The summed E-state index contributed by atoms with van der Waals surface area (Å²) in [6, 6.07) is 6.94. The number of hydrogen-bond donors (Lipinski definition) is 3. The van der Waals surface area contributed by atoms with E-state index >= 15 is 0 Å². The van der Waals surface area contributed by atoms with Gasteiger partial charge in [0.05, 0.1) is 6.54 Å². The molecular formula is C12H14ClN3O2. The highest BCUT2D eigenvalue weighted by Gasteiger charge is 2.23. The van der Waals surface area contributed by atoms with E-state index in [1.807, 2.05) is 12.1 Å². The van der Waals surface area contributed by atoms with Crippen LogP contribution in [-0.2, 0) is 16.1 Å². The van der Waals surface area contributed by atoms with Crippen LogP contribution < -0.4 is 16.0 Å². The summed E-state index contributed by atoms with van der Waals surface area (Å²) in [5, 5.41) is 8.95. The van der Waals surface area contributed by atoms with Crippen molar-refractivity contribution in [2.75, 3.05) is 13.1 Å². The number of hydrogen-bond acceptors (Lipinski definition) is 3. The number of carbonyl (C=O) groups excluding carboxylic acids is 2. The van der Waals surface area contributed by atoms with Gasteiger partial charge in [-0.1, -0.05) is 23.7 Å². The molecule has 5 nitrogen and oxygen atoms in total. The number of nitrogens with one attached hydrogen (secondary N) is 3. The largest absolute Gasteiger partial charge is 0.353 e. The minimum absolute atomic E-state index is 0.0890. The topological polar surface area (TPSA) is 70.2 Å². The maximum atomic E-state index is 11.8. The standard InChI is InChI=1S/C12H14ClN3O2/c13-9-3-1-2-8(4-9)5-16-12(18)10-6-15-11(17)7-14-10/h1-4,10,14H,5-7H2,(H,15,17)(H,16,18). The van der Waals surface area contributed by atoms with Crippen LogP contribution in [0.2, 0.25) is 5.02 Å². The molecule has 1 aliphatic heterocycles. The smallest absolute Gasteiger partial charge is 0.239 e. The molecule has 0 aliphatic carbocycles. The first-order valence-corrected chi connectivity index (χ1v) is 6.05. The zero-order valence-electron chi connectivity index (χ0n) is 9.70. The van der Waals surface area contributed by atoms with Gasteiger partial charge in [-0.2, -0.15) is 0 Å². The Morgan fingerprint density at radius 2 is 2.33 bits per heavy atom. The lowest BCUT2D eigenvalue weighted by Gasteiger charge is -2.23. The lowest BCUT2D eigenvalue weighted by atomic mass is 10.2. The maximum Gasteiger partial charge on any atom is 0.239 e. The molecule has 2 rings (SSSR count). The zero-order valence-corrected chi connectivity index (χ0v) is 10.5. The van der Waals surface area contributed by atoms with E-state index in [9.17, 15) is 9.59 Å². The van der Waals surface area contributed by atoms with Gasteiger partial charge in [-0.3, -0.25) is 14.9 Å². The van der Waals surface area contributed by atoms with Gasteiger partial charge in [0.2, 0.25) is 11.8 Å². The summed E-state index contributed by atoms with van der Waals surface area (Å²) in [6.45, 7) is 0.918. The van der Waals surface area contributed by atoms with Crippen molar-refractivity contribution in [3.63, 3.8) is 0 Å². The Bertz CT molecular complexity index is 454. The number of amides is 2. The highest BCUT2D eigenvalue weighted by Crippen LogP contribution is 2.10. The van der Waals surface area contributed by atoms with Gasteiger partial charge in [0.25, 0.3) is 0 Å². The summed E-state index contributed by atoms with van der Waals surface area (Å²) in [5.74, 6) is -0.219. The van der Waals surface area contributed by atoms with Crippen molar-refractivity contribution in [3.05, 3.63) is 34.9 Å². The maximum absolute atomic E-state index is 11.8. The average Bonchev–Trinajstić information content (AvgIpc) is 2.37. The highest BCUT2D eigenvalue weighted by molar-refractivity contribution is 6.30. The monoisotopic (exact) mass is 267 g/mol. The minimum atomic E-state index is -0.373. The van der Waals surface area contributed by atoms with Gasteiger partial charge in [-0.15, -0.1) is 0 Å². The van der Waals surface area contributed by atoms with Crippen LogP contribution >= 0.6 is 11.6 Å². The van der Waals surface area contributed by atoms with Crippen LogP contribution in [0.25, 0.3) is 0 Å². The molecule has 0 spiro atoms. The zero-order chi connectivity index (χ0) is 13.0. The first kappa shape index (κ1) is 12.9. The van der Waals surface area contributed by atoms with Gasteiger partial charge in [0.15, 0.2) is 0 Å². The second kappa shape index (κ2) is 5.84. The molecule has 0 radical (unpaired) electrons. The van der Waals surface area contributed by atoms with Crippen LogP contribution in [0.3, 0.4) is 0 Å². The second-order valence-corrected chi connectivity index (χ2v) is 4.52. The summed E-state index contributed by atoms with van der Waals surface area (Å²) in [5.41, 5.74) is 0.940. The normalized spacial score (nSPS) is 19.2. The van der Waals surface area contributed by atoms with Crippen LogP contribution in [0.4, 0.5) is 0 Å². The molecule has 3 N–H and O–H groups in total. The van der Waals surface area contributed by atoms with E-state index in [1.165, 1.54) is 0 Å². The summed E-state index contributed by atoms with van der Waals surface area (Å²) < 4.78 is 0. The third-order valence-electron chi connectivity index (χ3n) is 2.68. The summed E-state index contributed by atoms with van der Waals surface area (Å²) in [7, 11) is 0. The molecule has 0 saturated carbocycles. The lowest BCUT2D eigenvalue weighted by molar-refractivity contribution is -0.126. The van der Waals surface area contributed by atoms with Crippen molar-refractivity contribution in [3.8, 4) is 0 Å². The van der Waals surface area contributed by atoms with Crippen LogP contribution in [-0.4, -0.2) is 30.9 Å². The molecule has 1 aromatic rings. The quantitative estimate of drug-likeness (QED) is 0.725. The predicted octanol–water partition coefficient (Wildman–Crippen LogP) is 0.0442. The fourth-order valence-corrected chi connectivity index (χ4v) is 1.92. The average molecular weight is 268 g/mol. The number of piperazine rings is 1. The summed E-state index contributed by atoms with van der Waals surface area (Å²) >= 11 is 5.85. The van der Waals surface area contributed by atoms with E-state index < -0.39 is 0 Å². The van der Waals surface area contributed by atoms with E-state index in [-0.39, 0.29) is 24.4 Å². The Balaban J connectivity index is 1.83. The Morgan fingerprint density at radius 1 is 1.50 bits per heavy atom. The molecule has 0 aromatic heterocycles. The molecule has 96 valence electrons. The van der Waals surface area contributed by atoms with E-state index in [4.69, 9.17) is 11.6 Å². The van der Waals surface area contributed by atoms with Crippen LogP contribution in [0.1, 0.15) is 5.56 Å². The molecule has 1 heterocycles. The highest BCUT2D eigenvalue weighted by atomic mass is 35.5. The molecule has 2 amide bonds. The first-order valence-electron chi connectivity index (χ1n) is 5.67. The Kier molecular flexibility index (Phi) is 4.17. The fourth-order valence-electron chi connectivity index (χ4n) is 1.71. The van der Waals surface area contributed by atoms with Crippen molar-refractivity contribution >= 4 is 23.4 Å². The first-order chi connectivity index (χ1) is 8.65. The molecule has 1 aliphatic rings. The van der Waals surface area contributed by atoms with Crippen molar-refractivity contribution < 1.29 is 9.59 Å². The van der Waals surface area contributed by atoms with Crippen LogP contribution in [0.15, 0.2) is 24.3 Å². The van der Waals surface area contributed by atoms with Crippen molar-refractivity contribution in [2.24, 2.45) is 0 Å². The van der Waals surface area contributed by atoms with Crippen molar-refractivity contribution in [1.82, 2.24) is 16.0 Å². The number of halogens is 1. The van der Waals surface area contributed by atoms with Crippen LogP contribution in [0, 0.1) is 0 Å². The van der Waals surface area contributed by atoms with Gasteiger partial charge in [0.1, 0.15) is 6.04 Å². The molecule has 1 unspecified atom stereocenters. The molecule has 6 heteroatoms. The minimum Gasteiger partial charge on any atom is -0.353 e. The predicted molar refractivity (Wildman–Crippen MR) is 68.1 cm³/mol. The van der Waals surface area contributed by atoms with Gasteiger partial charge in [-0.05, 0) is 17.7 Å². The number of carbonyl (C=O) groups is 2. The third kappa shape index (κ3) is 3.45. The van der Waals surface area contributed by atoms with Crippen LogP contribution in [0.5, 0.6) is 0 Å². The third-order valence-corrected chi connectivity index (χ3v) is 2.92. The second-order valence-electron chi connectivity index (χ2n) is 4.09. The lowest BCUT2D eigenvalue weighted by Crippen LogP contribution is -2.57. The van der Waals surface area contributed by atoms with E-state index in [2.05, 4.69) is 16.0 Å². The molecule has 1 aromatic carbocycles. The number of rotatable bonds is 3. The molecule has 1 saturated heterocycles. The van der Waals surface area contributed by atoms with Gasteiger partial charge in [0, 0.05) is 18.1 Å². The summed E-state index contributed by atoms with van der Waals surface area (Å²) in [4.78, 5) is 22.7. The SMILES string of the molecule is O=C1CNC(C(=O)NCc2cccc(Cl)c2)CN1.